The van der Waals surface area contributed by atoms with E-state index in [-0.39, 0.29) is 28.8 Å². The maximum Gasteiger partial charge on any atom is 0.313 e. The standard InChI is InChI=1S/C23H34O2/c1-15(2)13-17-7-9-18(10-8-17)16(3)21(24)25-20-14-19-11-12-23(20,6)22(19,4)5/h7-10,15-16,19-20H,11-14H2,1-6H3/t16?,19?,20-,23?/m1/s1. The molecule has 0 radical (unpaired) electrons. The van der Waals surface area contributed by atoms with Crippen LogP contribution >= 0.6 is 0 Å². The van der Waals surface area contributed by atoms with E-state index in [4.69, 9.17) is 4.74 Å². The molecule has 0 aromatic heterocycles. The second-order valence-electron chi connectivity index (χ2n) is 9.60. The number of ether oxygens (including phenoxy) is 1. The van der Waals surface area contributed by atoms with E-state index < -0.39 is 0 Å². The molecular formula is C23H34O2. The zero-order chi connectivity index (χ0) is 18.4. The molecule has 0 heterocycles. The minimum atomic E-state index is -0.195. The summed E-state index contributed by atoms with van der Waals surface area (Å²) < 4.78 is 6.06. The van der Waals surface area contributed by atoms with E-state index >= 15 is 0 Å². The predicted octanol–water partition coefficient (Wildman–Crippen LogP) is 5.75. The first-order valence-corrected chi connectivity index (χ1v) is 9.94. The fourth-order valence-electron chi connectivity index (χ4n) is 5.10. The third-order valence-electron chi connectivity index (χ3n) is 7.45. The lowest BCUT2D eigenvalue weighted by atomic mass is 9.70. The average molecular weight is 343 g/mol. The van der Waals surface area contributed by atoms with Crippen molar-refractivity contribution >= 4 is 5.97 Å². The lowest BCUT2D eigenvalue weighted by Gasteiger charge is -2.38. The van der Waals surface area contributed by atoms with Crippen molar-refractivity contribution in [3.63, 3.8) is 0 Å². The van der Waals surface area contributed by atoms with Crippen molar-refractivity contribution in [2.75, 3.05) is 0 Å². The molecule has 0 aliphatic heterocycles. The highest BCUT2D eigenvalue weighted by Gasteiger charge is 2.62. The Labute approximate surface area is 153 Å². The average Bonchev–Trinajstić information content (AvgIpc) is 2.87. The summed E-state index contributed by atoms with van der Waals surface area (Å²) in [5, 5.41) is 0. The second-order valence-corrected chi connectivity index (χ2v) is 9.60. The van der Waals surface area contributed by atoms with Crippen molar-refractivity contribution < 1.29 is 9.53 Å². The summed E-state index contributed by atoms with van der Waals surface area (Å²) in [6, 6.07) is 8.49. The van der Waals surface area contributed by atoms with E-state index in [2.05, 4.69) is 58.9 Å². The van der Waals surface area contributed by atoms with Crippen molar-refractivity contribution in [2.45, 2.75) is 79.2 Å². The van der Waals surface area contributed by atoms with Crippen molar-refractivity contribution in [3.8, 4) is 0 Å². The number of fused-ring (bicyclic) bond motifs is 2. The van der Waals surface area contributed by atoms with Gasteiger partial charge in [0.1, 0.15) is 6.10 Å². The molecule has 0 amide bonds. The highest BCUT2D eigenvalue weighted by molar-refractivity contribution is 5.78. The van der Waals surface area contributed by atoms with Crippen molar-refractivity contribution in [3.05, 3.63) is 35.4 Å². The Balaban J connectivity index is 1.66. The van der Waals surface area contributed by atoms with Crippen LogP contribution < -0.4 is 0 Å². The number of hydrogen-bond donors (Lipinski definition) is 0. The monoisotopic (exact) mass is 342 g/mol. The fraction of sp³-hybridized carbons (Fsp3) is 0.696. The summed E-state index contributed by atoms with van der Waals surface area (Å²) in [5.41, 5.74) is 2.81. The first-order valence-electron chi connectivity index (χ1n) is 9.94. The van der Waals surface area contributed by atoms with E-state index in [1.54, 1.807) is 0 Å². The van der Waals surface area contributed by atoms with Crippen molar-refractivity contribution in [1.29, 1.82) is 0 Å². The smallest absolute Gasteiger partial charge is 0.313 e. The fourth-order valence-corrected chi connectivity index (χ4v) is 5.10. The maximum atomic E-state index is 12.8. The highest BCUT2D eigenvalue weighted by Crippen LogP contribution is 2.66. The Bertz CT molecular complexity index is 628. The SMILES string of the molecule is CC(C)Cc1ccc(C(C)C(=O)O[C@@H]2CC3CCC2(C)C3(C)C)cc1. The van der Waals surface area contributed by atoms with Crippen molar-refractivity contribution in [2.24, 2.45) is 22.7 Å². The van der Waals surface area contributed by atoms with Crippen LogP contribution in [0, 0.1) is 22.7 Å². The molecule has 0 saturated heterocycles. The number of esters is 1. The molecule has 2 aliphatic rings. The molecule has 3 unspecified atom stereocenters. The molecule has 1 aromatic rings. The Kier molecular flexibility index (Phi) is 4.77. The molecule has 1 aromatic carbocycles. The molecule has 2 heteroatoms. The molecule has 0 spiro atoms. The van der Waals surface area contributed by atoms with Crippen LogP contribution in [0.1, 0.15) is 77.8 Å². The molecule has 4 atom stereocenters. The largest absolute Gasteiger partial charge is 0.461 e. The summed E-state index contributed by atoms with van der Waals surface area (Å²) in [7, 11) is 0. The van der Waals surface area contributed by atoms with Gasteiger partial charge in [-0.3, -0.25) is 4.79 Å². The normalized spacial score (nSPS) is 31.3. The zero-order valence-corrected chi connectivity index (χ0v) is 16.8. The van der Waals surface area contributed by atoms with Gasteiger partial charge in [0, 0.05) is 5.41 Å². The van der Waals surface area contributed by atoms with Gasteiger partial charge in [-0.2, -0.15) is 0 Å². The van der Waals surface area contributed by atoms with E-state index in [1.807, 2.05) is 6.92 Å². The van der Waals surface area contributed by atoms with Gasteiger partial charge in [-0.1, -0.05) is 58.9 Å². The Hall–Kier alpha value is -1.31. The van der Waals surface area contributed by atoms with Gasteiger partial charge in [0.25, 0.3) is 0 Å². The number of carbonyl (C=O) groups excluding carboxylic acids is 1. The van der Waals surface area contributed by atoms with Gasteiger partial charge in [0.15, 0.2) is 0 Å². The maximum absolute atomic E-state index is 12.8. The first kappa shape index (κ1) is 18.5. The molecule has 3 rings (SSSR count). The molecule has 2 bridgehead atoms. The zero-order valence-electron chi connectivity index (χ0n) is 16.8. The number of benzene rings is 1. The topological polar surface area (TPSA) is 26.3 Å². The van der Waals surface area contributed by atoms with Gasteiger partial charge in [-0.25, -0.2) is 0 Å². The summed E-state index contributed by atoms with van der Waals surface area (Å²) in [4.78, 5) is 12.8. The van der Waals surface area contributed by atoms with Gasteiger partial charge in [-0.05, 0) is 61.0 Å². The molecule has 2 nitrogen and oxygen atoms in total. The van der Waals surface area contributed by atoms with Crippen LogP contribution in [0.15, 0.2) is 24.3 Å². The molecule has 0 N–H and O–H groups in total. The van der Waals surface area contributed by atoms with Gasteiger partial charge in [-0.15, -0.1) is 0 Å². The highest BCUT2D eigenvalue weighted by atomic mass is 16.5. The van der Waals surface area contributed by atoms with Crippen LogP contribution in [0.25, 0.3) is 0 Å². The van der Waals surface area contributed by atoms with Crippen LogP contribution in [0.4, 0.5) is 0 Å². The Morgan fingerprint density at radius 2 is 1.80 bits per heavy atom. The molecular weight excluding hydrogens is 308 g/mol. The van der Waals surface area contributed by atoms with E-state index in [0.717, 1.165) is 18.4 Å². The quantitative estimate of drug-likeness (QED) is 0.637. The van der Waals surface area contributed by atoms with Crippen LogP contribution in [0.5, 0.6) is 0 Å². The number of rotatable bonds is 5. The minimum Gasteiger partial charge on any atom is -0.461 e. The van der Waals surface area contributed by atoms with Crippen LogP contribution in [-0.4, -0.2) is 12.1 Å². The van der Waals surface area contributed by atoms with Crippen molar-refractivity contribution in [1.82, 2.24) is 0 Å². The molecule has 25 heavy (non-hydrogen) atoms. The van der Waals surface area contributed by atoms with Crippen LogP contribution in [-0.2, 0) is 16.0 Å². The summed E-state index contributed by atoms with van der Waals surface area (Å²) in [6.07, 6.45) is 4.66. The van der Waals surface area contributed by atoms with Gasteiger partial charge >= 0.3 is 5.97 Å². The molecule has 2 aliphatic carbocycles. The minimum absolute atomic E-state index is 0.0637. The second kappa shape index (κ2) is 6.45. The Morgan fingerprint density at radius 3 is 2.28 bits per heavy atom. The predicted molar refractivity (Wildman–Crippen MR) is 103 cm³/mol. The van der Waals surface area contributed by atoms with Crippen LogP contribution in [0.3, 0.4) is 0 Å². The summed E-state index contributed by atoms with van der Waals surface area (Å²) in [6.45, 7) is 13.5. The van der Waals surface area contributed by atoms with E-state index in [0.29, 0.717) is 11.8 Å². The first-order chi connectivity index (χ1) is 11.6. The molecule has 2 saturated carbocycles. The summed E-state index contributed by atoms with van der Waals surface area (Å²) in [5.74, 6) is 1.08. The van der Waals surface area contributed by atoms with Crippen LogP contribution in [0.2, 0.25) is 0 Å². The molecule has 138 valence electrons. The third kappa shape index (κ3) is 3.13. The number of carbonyl (C=O) groups is 1. The summed E-state index contributed by atoms with van der Waals surface area (Å²) >= 11 is 0. The Morgan fingerprint density at radius 1 is 1.16 bits per heavy atom. The lowest BCUT2D eigenvalue weighted by Crippen LogP contribution is -2.39. The van der Waals surface area contributed by atoms with Gasteiger partial charge in [0.05, 0.1) is 5.92 Å². The van der Waals surface area contributed by atoms with E-state index in [1.165, 1.54) is 18.4 Å². The third-order valence-corrected chi connectivity index (χ3v) is 7.45. The number of hydrogen-bond acceptors (Lipinski definition) is 2. The van der Waals surface area contributed by atoms with Gasteiger partial charge in [0.2, 0.25) is 0 Å². The van der Waals surface area contributed by atoms with Gasteiger partial charge < -0.3 is 4.74 Å². The molecule has 2 fully saturated rings. The van der Waals surface area contributed by atoms with E-state index in [9.17, 15) is 4.79 Å². The lowest BCUT2D eigenvalue weighted by molar-refractivity contribution is -0.158.